The van der Waals surface area contributed by atoms with Crippen LogP contribution in [0.2, 0.25) is 0 Å². The number of ether oxygens (including phenoxy) is 1. The van der Waals surface area contributed by atoms with E-state index in [4.69, 9.17) is 5.11 Å². The summed E-state index contributed by atoms with van der Waals surface area (Å²) in [7, 11) is 1.19. The maximum absolute atomic E-state index is 12.2. The number of aliphatic carboxylic acids is 1. The maximum atomic E-state index is 12.2. The summed E-state index contributed by atoms with van der Waals surface area (Å²) in [6.45, 7) is 1.30. The number of hydrogen-bond donors (Lipinski definition) is 3. The zero-order valence-electron chi connectivity index (χ0n) is 12.8. The lowest BCUT2D eigenvalue weighted by molar-refractivity contribution is -0.142. The van der Waals surface area contributed by atoms with Gasteiger partial charge in [-0.15, -0.1) is 0 Å². The van der Waals surface area contributed by atoms with Crippen molar-refractivity contribution in [2.45, 2.75) is 25.8 Å². The van der Waals surface area contributed by atoms with Gasteiger partial charge in [0.1, 0.15) is 6.04 Å². The first-order valence-corrected chi connectivity index (χ1v) is 6.82. The van der Waals surface area contributed by atoms with E-state index in [1.54, 1.807) is 12.1 Å². The Balaban J connectivity index is 2.85. The van der Waals surface area contributed by atoms with E-state index >= 15 is 0 Å². The summed E-state index contributed by atoms with van der Waals surface area (Å²) in [5.74, 6) is -2.85. The van der Waals surface area contributed by atoms with E-state index in [0.717, 1.165) is 0 Å². The van der Waals surface area contributed by atoms with E-state index in [9.17, 15) is 19.2 Å². The van der Waals surface area contributed by atoms with Crippen molar-refractivity contribution >= 4 is 29.4 Å². The second-order valence-corrected chi connectivity index (χ2v) is 4.71. The van der Waals surface area contributed by atoms with Crippen molar-refractivity contribution in [2.24, 2.45) is 0 Å². The highest BCUT2D eigenvalue weighted by Gasteiger charge is 2.23. The molecular formula is C15H18N2O6. The molecule has 0 fully saturated rings. The Hall–Kier alpha value is -2.90. The van der Waals surface area contributed by atoms with Gasteiger partial charge in [0.2, 0.25) is 5.91 Å². The zero-order chi connectivity index (χ0) is 17.4. The lowest BCUT2D eigenvalue weighted by atomic mass is 10.1. The molecule has 2 amide bonds. The third-order valence-electron chi connectivity index (χ3n) is 2.95. The summed E-state index contributed by atoms with van der Waals surface area (Å²) in [6.07, 6.45) is -0.239. The molecule has 1 rings (SSSR count). The highest BCUT2D eigenvalue weighted by molar-refractivity contribution is 6.04. The van der Waals surface area contributed by atoms with Gasteiger partial charge in [-0.3, -0.25) is 14.4 Å². The van der Waals surface area contributed by atoms with Crippen LogP contribution in [0.5, 0.6) is 0 Å². The Bertz CT molecular complexity index is 614. The van der Waals surface area contributed by atoms with E-state index in [1.165, 1.54) is 26.2 Å². The smallest absolute Gasteiger partial charge is 0.326 e. The van der Waals surface area contributed by atoms with E-state index in [0.29, 0.717) is 0 Å². The van der Waals surface area contributed by atoms with Crippen molar-refractivity contribution in [3.63, 3.8) is 0 Å². The van der Waals surface area contributed by atoms with Gasteiger partial charge in [-0.1, -0.05) is 12.1 Å². The number of carboxylic acid groups (broad SMARTS) is 1. The number of methoxy groups -OCH3 is 1. The molecule has 1 aromatic rings. The number of esters is 1. The Kier molecular flexibility index (Phi) is 6.72. The molecule has 1 atom stereocenters. The van der Waals surface area contributed by atoms with Crippen LogP contribution in [0.25, 0.3) is 0 Å². The lowest BCUT2D eigenvalue weighted by Crippen LogP contribution is -2.41. The Morgan fingerprint density at radius 2 is 1.87 bits per heavy atom. The predicted molar refractivity (Wildman–Crippen MR) is 80.9 cm³/mol. The number of hydrogen-bond acceptors (Lipinski definition) is 5. The van der Waals surface area contributed by atoms with Crippen LogP contribution < -0.4 is 10.6 Å². The average Bonchev–Trinajstić information content (AvgIpc) is 2.50. The molecule has 0 aliphatic heterocycles. The Morgan fingerprint density at radius 3 is 2.43 bits per heavy atom. The number of benzene rings is 1. The highest BCUT2D eigenvalue weighted by Crippen LogP contribution is 2.15. The third kappa shape index (κ3) is 5.77. The molecule has 1 aromatic carbocycles. The molecule has 0 aliphatic rings. The van der Waals surface area contributed by atoms with Crippen molar-refractivity contribution < 1.29 is 29.0 Å². The minimum atomic E-state index is -1.26. The fraction of sp³-hybridized carbons (Fsp3) is 0.333. The fourth-order valence-corrected chi connectivity index (χ4v) is 1.84. The number of nitrogens with one attached hydrogen (secondary N) is 2. The normalized spacial score (nSPS) is 11.2. The highest BCUT2D eigenvalue weighted by atomic mass is 16.5. The molecule has 3 N–H and O–H groups in total. The topological polar surface area (TPSA) is 122 Å². The van der Waals surface area contributed by atoms with Crippen molar-refractivity contribution in [3.05, 3.63) is 29.8 Å². The minimum absolute atomic E-state index is 0.101. The number of carbonyl (C=O) groups excluding carboxylic acids is 3. The second kappa shape index (κ2) is 8.52. The van der Waals surface area contributed by atoms with Crippen molar-refractivity contribution in [3.8, 4) is 0 Å². The van der Waals surface area contributed by atoms with Crippen LogP contribution in [0.15, 0.2) is 24.3 Å². The van der Waals surface area contributed by atoms with Gasteiger partial charge in [0.15, 0.2) is 0 Å². The van der Waals surface area contributed by atoms with Crippen LogP contribution >= 0.6 is 0 Å². The molecule has 0 saturated carbocycles. The summed E-state index contributed by atoms with van der Waals surface area (Å²) >= 11 is 0. The standard InChI is InChI=1S/C15H18N2O6/c1-9(18)16-11-6-4-3-5-10(11)14(20)17-12(15(21)22)7-8-13(19)23-2/h3-6,12H,7-8H2,1-2H3,(H,16,18)(H,17,20)(H,21,22)/t12-/m0/s1. The quantitative estimate of drug-likeness (QED) is 0.638. The first-order valence-electron chi connectivity index (χ1n) is 6.82. The van der Waals surface area contributed by atoms with E-state index in [1.807, 2.05) is 0 Å². The van der Waals surface area contributed by atoms with Gasteiger partial charge >= 0.3 is 11.9 Å². The largest absolute Gasteiger partial charge is 0.480 e. The molecule has 8 heteroatoms. The van der Waals surface area contributed by atoms with Gasteiger partial charge in [-0.05, 0) is 18.6 Å². The van der Waals surface area contributed by atoms with Gasteiger partial charge in [-0.25, -0.2) is 4.79 Å². The molecule has 0 bridgehead atoms. The van der Waals surface area contributed by atoms with Crippen LogP contribution in [0.4, 0.5) is 5.69 Å². The summed E-state index contributed by atoms with van der Waals surface area (Å²) in [5.41, 5.74) is 0.404. The first-order chi connectivity index (χ1) is 10.8. The number of anilines is 1. The number of amides is 2. The number of para-hydroxylation sites is 1. The van der Waals surface area contributed by atoms with Gasteiger partial charge in [0, 0.05) is 13.3 Å². The number of carboxylic acids is 1. The van der Waals surface area contributed by atoms with Crippen LogP contribution in [0.3, 0.4) is 0 Å². The Morgan fingerprint density at radius 1 is 1.22 bits per heavy atom. The molecule has 23 heavy (non-hydrogen) atoms. The molecule has 124 valence electrons. The van der Waals surface area contributed by atoms with E-state index in [2.05, 4.69) is 15.4 Å². The van der Waals surface area contributed by atoms with Crippen LogP contribution in [0.1, 0.15) is 30.1 Å². The van der Waals surface area contributed by atoms with Crippen LogP contribution in [-0.4, -0.2) is 42.0 Å². The molecule has 8 nitrogen and oxygen atoms in total. The molecule has 0 aliphatic carbocycles. The first kappa shape index (κ1) is 18.1. The maximum Gasteiger partial charge on any atom is 0.326 e. The Labute approximate surface area is 132 Å². The molecule has 0 saturated heterocycles. The molecule has 0 aromatic heterocycles. The van der Waals surface area contributed by atoms with Crippen molar-refractivity contribution in [1.29, 1.82) is 0 Å². The van der Waals surface area contributed by atoms with Gasteiger partial charge in [0.05, 0.1) is 18.4 Å². The van der Waals surface area contributed by atoms with Crippen molar-refractivity contribution in [2.75, 3.05) is 12.4 Å². The van der Waals surface area contributed by atoms with E-state index < -0.39 is 23.9 Å². The van der Waals surface area contributed by atoms with Gasteiger partial charge < -0.3 is 20.5 Å². The SMILES string of the molecule is COC(=O)CC[C@H](NC(=O)c1ccccc1NC(C)=O)C(=O)O. The lowest BCUT2D eigenvalue weighted by Gasteiger charge is -2.15. The molecule has 0 radical (unpaired) electrons. The van der Waals surface area contributed by atoms with Crippen molar-refractivity contribution in [1.82, 2.24) is 5.32 Å². The van der Waals surface area contributed by atoms with Gasteiger partial charge in [-0.2, -0.15) is 0 Å². The summed E-state index contributed by atoms with van der Waals surface area (Å²) < 4.78 is 4.44. The summed E-state index contributed by atoms with van der Waals surface area (Å²) in [5, 5.41) is 14.0. The van der Waals surface area contributed by atoms with Crippen LogP contribution in [-0.2, 0) is 19.1 Å². The second-order valence-electron chi connectivity index (χ2n) is 4.71. The predicted octanol–water partition coefficient (Wildman–Crippen LogP) is 0.781. The minimum Gasteiger partial charge on any atom is -0.480 e. The average molecular weight is 322 g/mol. The molecule has 0 heterocycles. The molecular weight excluding hydrogens is 304 g/mol. The monoisotopic (exact) mass is 322 g/mol. The summed E-state index contributed by atoms with van der Waals surface area (Å²) in [4.78, 5) is 45.7. The number of carbonyl (C=O) groups is 4. The number of rotatable bonds is 7. The summed E-state index contributed by atoms with van der Waals surface area (Å²) in [6, 6.07) is 4.96. The zero-order valence-corrected chi connectivity index (χ0v) is 12.8. The van der Waals surface area contributed by atoms with Gasteiger partial charge in [0.25, 0.3) is 5.91 Å². The molecule has 0 unspecified atom stereocenters. The van der Waals surface area contributed by atoms with Crippen LogP contribution in [0, 0.1) is 0 Å². The fourth-order valence-electron chi connectivity index (χ4n) is 1.84. The third-order valence-corrected chi connectivity index (χ3v) is 2.95. The van der Waals surface area contributed by atoms with E-state index in [-0.39, 0.29) is 30.0 Å². The molecule has 0 spiro atoms.